The third-order valence-corrected chi connectivity index (χ3v) is 3.01. The summed E-state index contributed by atoms with van der Waals surface area (Å²) in [5.41, 5.74) is 0.986. The molecule has 2 aromatic rings. The van der Waals surface area contributed by atoms with Gasteiger partial charge in [0, 0.05) is 6.07 Å². The fourth-order valence-electron chi connectivity index (χ4n) is 2.05. The molecule has 0 saturated heterocycles. The second-order valence-electron chi connectivity index (χ2n) is 4.48. The van der Waals surface area contributed by atoms with Crippen LogP contribution in [-0.4, -0.2) is 16.0 Å². The van der Waals surface area contributed by atoms with Gasteiger partial charge in [0.05, 0.1) is 17.4 Å². The molecule has 2 rings (SSSR count). The van der Waals surface area contributed by atoms with E-state index in [2.05, 4.69) is 5.32 Å². The zero-order valence-corrected chi connectivity index (χ0v) is 11.1. The summed E-state index contributed by atoms with van der Waals surface area (Å²) in [6.45, 7) is 0. The summed E-state index contributed by atoms with van der Waals surface area (Å²) in [6, 6.07) is 14.6. The minimum Gasteiger partial charge on any atom is -0.481 e. The van der Waals surface area contributed by atoms with E-state index in [4.69, 9.17) is 5.11 Å². The number of para-hydroxylation sites is 2. The number of nitro groups is 1. The van der Waals surface area contributed by atoms with Crippen LogP contribution in [-0.2, 0) is 4.79 Å². The van der Waals surface area contributed by atoms with Crippen LogP contribution in [0.15, 0.2) is 54.6 Å². The van der Waals surface area contributed by atoms with Crippen LogP contribution < -0.4 is 5.32 Å². The molecule has 0 bridgehead atoms. The maximum Gasteiger partial charge on any atom is 0.305 e. The minimum atomic E-state index is -0.977. The van der Waals surface area contributed by atoms with Crippen molar-refractivity contribution in [3.8, 4) is 0 Å². The molecule has 6 nitrogen and oxygen atoms in total. The van der Waals surface area contributed by atoms with Gasteiger partial charge < -0.3 is 10.4 Å². The Morgan fingerprint density at radius 1 is 1.14 bits per heavy atom. The highest BCUT2D eigenvalue weighted by Gasteiger charge is 2.19. The van der Waals surface area contributed by atoms with Gasteiger partial charge in [-0.3, -0.25) is 14.9 Å². The van der Waals surface area contributed by atoms with Crippen LogP contribution in [0.25, 0.3) is 0 Å². The van der Waals surface area contributed by atoms with E-state index in [-0.39, 0.29) is 12.1 Å². The van der Waals surface area contributed by atoms with Crippen molar-refractivity contribution in [2.75, 3.05) is 5.32 Å². The molecule has 2 aromatic carbocycles. The van der Waals surface area contributed by atoms with Crippen LogP contribution in [0.4, 0.5) is 11.4 Å². The van der Waals surface area contributed by atoms with E-state index in [0.29, 0.717) is 5.69 Å². The summed E-state index contributed by atoms with van der Waals surface area (Å²) in [6.07, 6.45) is -0.171. The Labute approximate surface area is 121 Å². The van der Waals surface area contributed by atoms with Gasteiger partial charge in [-0.25, -0.2) is 0 Å². The fraction of sp³-hybridized carbons (Fsp3) is 0.133. The molecule has 0 unspecified atom stereocenters. The molecule has 0 aliphatic rings. The van der Waals surface area contributed by atoms with Crippen molar-refractivity contribution in [1.29, 1.82) is 0 Å². The Bertz CT molecular complexity index is 643. The number of benzene rings is 2. The molecule has 0 fully saturated rings. The monoisotopic (exact) mass is 286 g/mol. The highest BCUT2D eigenvalue weighted by atomic mass is 16.6. The summed E-state index contributed by atoms with van der Waals surface area (Å²) in [7, 11) is 0. The normalized spacial score (nSPS) is 11.6. The molecule has 1 atom stereocenters. The van der Waals surface area contributed by atoms with E-state index >= 15 is 0 Å². The Balaban J connectivity index is 2.32. The van der Waals surface area contributed by atoms with Crippen LogP contribution in [0.1, 0.15) is 18.0 Å². The van der Waals surface area contributed by atoms with Gasteiger partial charge in [-0.05, 0) is 11.6 Å². The van der Waals surface area contributed by atoms with Gasteiger partial charge in [0.25, 0.3) is 5.69 Å². The third kappa shape index (κ3) is 3.79. The molecule has 0 aliphatic carbocycles. The Kier molecular flexibility index (Phi) is 4.50. The lowest BCUT2D eigenvalue weighted by Gasteiger charge is -2.18. The number of rotatable bonds is 6. The summed E-state index contributed by atoms with van der Waals surface area (Å²) < 4.78 is 0. The third-order valence-electron chi connectivity index (χ3n) is 3.01. The van der Waals surface area contributed by atoms with Gasteiger partial charge in [-0.1, -0.05) is 42.5 Å². The van der Waals surface area contributed by atoms with E-state index < -0.39 is 16.9 Å². The van der Waals surface area contributed by atoms with Crippen molar-refractivity contribution >= 4 is 17.3 Å². The van der Waals surface area contributed by atoms with Crippen LogP contribution in [0, 0.1) is 10.1 Å². The fourth-order valence-corrected chi connectivity index (χ4v) is 2.05. The zero-order valence-electron chi connectivity index (χ0n) is 11.1. The molecule has 0 amide bonds. The first-order valence-electron chi connectivity index (χ1n) is 6.34. The topological polar surface area (TPSA) is 92.5 Å². The summed E-state index contributed by atoms with van der Waals surface area (Å²) in [5, 5.41) is 23.0. The van der Waals surface area contributed by atoms with Crippen molar-refractivity contribution < 1.29 is 14.8 Å². The van der Waals surface area contributed by atoms with Gasteiger partial charge >= 0.3 is 5.97 Å². The summed E-state index contributed by atoms with van der Waals surface area (Å²) in [4.78, 5) is 21.5. The smallest absolute Gasteiger partial charge is 0.305 e. The van der Waals surface area contributed by atoms with E-state index in [1.165, 1.54) is 6.07 Å². The van der Waals surface area contributed by atoms with Crippen molar-refractivity contribution in [3.63, 3.8) is 0 Å². The number of hydrogen-bond donors (Lipinski definition) is 2. The second kappa shape index (κ2) is 6.51. The number of carboxylic acids is 1. The lowest BCUT2D eigenvalue weighted by Crippen LogP contribution is -2.15. The molecule has 6 heteroatoms. The number of nitro benzene ring substituents is 1. The molecule has 0 heterocycles. The van der Waals surface area contributed by atoms with Crippen LogP contribution in [0.3, 0.4) is 0 Å². The Morgan fingerprint density at radius 2 is 1.76 bits per heavy atom. The van der Waals surface area contributed by atoms with E-state index in [0.717, 1.165) is 5.56 Å². The molecule has 0 saturated carbocycles. The molecule has 0 aromatic heterocycles. The molecule has 0 aliphatic heterocycles. The minimum absolute atomic E-state index is 0.0798. The van der Waals surface area contributed by atoms with Crippen molar-refractivity contribution in [1.82, 2.24) is 0 Å². The van der Waals surface area contributed by atoms with Gasteiger partial charge in [0.1, 0.15) is 5.69 Å². The Hall–Kier alpha value is -2.89. The highest BCUT2D eigenvalue weighted by Crippen LogP contribution is 2.29. The van der Waals surface area contributed by atoms with Gasteiger partial charge in [0.15, 0.2) is 0 Å². The molecule has 108 valence electrons. The standard InChI is InChI=1S/C15H14N2O4/c18-15(19)10-13(11-6-2-1-3-7-11)16-12-8-4-5-9-14(12)17(20)21/h1-9,13,16H,10H2,(H,18,19)/t13-/m0/s1. The second-order valence-corrected chi connectivity index (χ2v) is 4.48. The molecular formula is C15H14N2O4. The quantitative estimate of drug-likeness (QED) is 0.628. The number of carboxylic acid groups (broad SMARTS) is 1. The number of anilines is 1. The summed E-state index contributed by atoms with van der Waals surface area (Å²) >= 11 is 0. The number of aliphatic carboxylic acids is 1. The maximum atomic E-state index is 11.0. The van der Waals surface area contributed by atoms with E-state index in [1.54, 1.807) is 42.5 Å². The van der Waals surface area contributed by atoms with Crippen molar-refractivity contribution in [2.45, 2.75) is 12.5 Å². The zero-order chi connectivity index (χ0) is 15.2. The Morgan fingerprint density at radius 3 is 2.38 bits per heavy atom. The maximum absolute atomic E-state index is 11.0. The molecule has 0 spiro atoms. The van der Waals surface area contributed by atoms with E-state index in [9.17, 15) is 14.9 Å². The number of nitrogens with one attached hydrogen (secondary N) is 1. The predicted octanol–water partition coefficient (Wildman–Crippen LogP) is 3.22. The average molecular weight is 286 g/mol. The highest BCUT2D eigenvalue weighted by molar-refractivity contribution is 5.70. The molecule has 0 radical (unpaired) electrons. The first-order chi connectivity index (χ1) is 10.1. The number of carbonyl (C=O) groups is 1. The largest absolute Gasteiger partial charge is 0.481 e. The van der Waals surface area contributed by atoms with Crippen LogP contribution >= 0.6 is 0 Å². The lowest BCUT2D eigenvalue weighted by molar-refractivity contribution is -0.384. The number of nitrogens with zero attached hydrogens (tertiary/aromatic N) is 1. The van der Waals surface area contributed by atoms with Crippen LogP contribution in [0.2, 0.25) is 0 Å². The SMILES string of the molecule is O=C(O)C[C@H](Nc1ccccc1[N+](=O)[O-])c1ccccc1. The molecular weight excluding hydrogens is 272 g/mol. The van der Waals surface area contributed by atoms with E-state index in [1.807, 2.05) is 6.07 Å². The van der Waals surface area contributed by atoms with Gasteiger partial charge in [-0.2, -0.15) is 0 Å². The molecule has 21 heavy (non-hydrogen) atoms. The number of hydrogen-bond acceptors (Lipinski definition) is 4. The first kappa shape index (κ1) is 14.5. The van der Waals surface area contributed by atoms with Gasteiger partial charge in [-0.15, -0.1) is 0 Å². The summed E-state index contributed by atoms with van der Waals surface area (Å²) in [5.74, 6) is -0.977. The van der Waals surface area contributed by atoms with Crippen LogP contribution in [0.5, 0.6) is 0 Å². The van der Waals surface area contributed by atoms with Crippen molar-refractivity contribution in [3.05, 3.63) is 70.3 Å². The molecule has 2 N–H and O–H groups in total. The lowest BCUT2D eigenvalue weighted by atomic mass is 10.0. The van der Waals surface area contributed by atoms with Crippen molar-refractivity contribution in [2.24, 2.45) is 0 Å². The average Bonchev–Trinajstić information content (AvgIpc) is 2.47. The predicted molar refractivity (Wildman–Crippen MR) is 78.2 cm³/mol. The van der Waals surface area contributed by atoms with Gasteiger partial charge in [0.2, 0.25) is 0 Å². The first-order valence-corrected chi connectivity index (χ1v) is 6.34.